The third kappa shape index (κ3) is 3.29. The van der Waals surface area contributed by atoms with E-state index in [1.165, 1.54) is 12.8 Å². The molecule has 3 heteroatoms. The maximum atomic E-state index is 11.6. The van der Waals surface area contributed by atoms with Crippen LogP contribution in [0.3, 0.4) is 0 Å². The predicted octanol–water partition coefficient (Wildman–Crippen LogP) is 1.29. The van der Waals surface area contributed by atoms with Crippen LogP contribution >= 0.6 is 0 Å². The van der Waals surface area contributed by atoms with Gasteiger partial charge in [-0.3, -0.25) is 4.79 Å². The first-order valence-electron chi connectivity index (χ1n) is 5.79. The van der Waals surface area contributed by atoms with Crippen molar-refractivity contribution in [2.75, 3.05) is 13.1 Å². The molecule has 0 aliphatic carbocycles. The van der Waals surface area contributed by atoms with Crippen LogP contribution in [0.25, 0.3) is 0 Å². The molecule has 1 unspecified atom stereocenters. The molecule has 1 saturated heterocycles. The zero-order valence-corrected chi connectivity index (χ0v) is 9.31. The molecule has 0 aromatic heterocycles. The highest BCUT2D eigenvalue weighted by Gasteiger charge is 2.17. The summed E-state index contributed by atoms with van der Waals surface area (Å²) in [6, 6.07) is 0.508. The topological polar surface area (TPSA) is 41.1 Å². The zero-order valence-electron chi connectivity index (χ0n) is 9.31. The van der Waals surface area contributed by atoms with Gasteiger partial charge in [0.1, 0.15) is 0 Å². The molecule has 3 nitrogen and oxygen atoms in total. The minimum Gasteiger partial charge on any atom is -0.354 e. The van der Waals surface area contributed by atoms with E-state index in [1.54, 1.807) is 0 Å². The first-order chi connectivity index (χ1) is 6.77. The van der Waals surface area contributed by atoms with Crippen LogP contribution in [-0.2, 0) is 4.79 Å². The Morgan fingerprint density at radius 1 is 1.50 bits per heavy atom. The van der Waals surface area contributed by atoms with E-state index in [0.717, 1.165) is 25.9 Å². The van der Waals surface area contributed by atoms with Gasteiger partial charge in [-0.25, -0.2) is 0 Å². The summed E-state index contributed by atoms with van der Waals surface area (Å²) in [6.07, 6.45) is 4.33. The predicted molar refractivity (Wildman–Crippen MR) is 58.1 cm³/mol. The standard InChI is InChI=1S/C11H22N2O/c1-3-9(4-2)11(14)13-8-10-6-5-7-12-10/h9-10,12H,3-8H2,1-2H3,(H,13,14). The molecule has 14 heavy (non-hydrogen) atoms. The fraction of sp³-hybridized carbons (Fsp3) is 0.909. The van der Waals surface area contributed by atoms with Gasteiger partial charge in [0.2, 0.25) is 5.91 Å². The lowest BCUT2D eigenvalue weighted by Gasteiger charge is -2.15. The van der Waals surface area contributed by atoms with Crippen molar-refractivity contribution in [2.45, 2.75) is 45.6 Å². The molecule has 2 N–H and O–H groups in total. The molecule has 0 radical (unpaired) electrons. The molecule has 1 rings (SSSR count). The lowest BCUT2D eigenvalue weighted by atomic mass is 10.0. The van der Waals surface area contributed by atoms with Gasteiger partial charge in [0.25, 0.3) is 0 Å². The van der Waals surface area contributed by atoms with E-state index in [1.807, 2.05) is 0 Å². The first kappa shape index (κ1) is 11.5. The third-order valence-corrected chi connectivity index (χ3v) is 3.04. The zero-order chi connectivity index (χ0) is 10.4. The molecule has 1 amide bonds. The van der Waals surface area contributed by atoms with Crippen LogP contribution in [0.5, 0.6) is 0 Å². The van der Waals surface area contributed by atoms with Crippen molar-refractivity contribution in [3.63, 3.8) is 0 Å². The minimum atomic E-state index is 0.205. The summed E-state index contributed by atoms with van der Waals surface area (Å²) >= 11 is 0. The SMILES string of the molecule is CCC(CC)C(=O)NCC1CCCN1. The molecule has 1 aliphatic rings. The molecule has 1 heterocycles. The molecule has 0 aromatic rings. The first-order valence-corrected chi connectivity index (χ1v) is 5.79. The number of carbonyl (C=O) groups excluding carboxylic acids is 1. The number of carbonyl (C=O) groups is 1. The minimum absolute atomic E-state index is 0.205. The van der Waals surface area contributed by atoms with Crippen molar-refractivity contribution < 1.29 is 4.79 Å². The van der Waals surface area contributed by atoms with Crippen LogP contribution in [0, 0.1) is 5.92 Å². The highest BCUT2D eigenvalue weighted by atomic mass is 16.1. The van der Waals surface area contributed by atoms with E-state index in [9.17, 15) is 4.79 Å². The van der Waals surface area contributed by atoms with Gasteiger partial charge in [0.05, 0.1) is 0 Å². The highest BCUT2D eigenvalue weighted by molar-refractivity contribution is 5.78. The summed E-state index contributed by atoms with van der Waals surface area (Å²) in [5.74, 6) is 0.431. The van der Waals surface area contributed by atoms with Crippen LogP contribution in [0.4, 0.5) is 0 Å². The Balaban J connectivity index is 2.18. The Morgan fingerprint density at radius 3 is 2.71 bits per heavy atom. The smallest absolute Gasteiger partial charge is 0.223 e. The second-order valence-corrected chi connectivity index (χ2v) is 4.05. The van der Waals surface area contributed by atoms with Crippen LogP contribution in [-0.4, -0.2) is 25.0 Å². The fourth-order valence-corrected chi connectivity index (χ4v) is 1.96. The number of rotatable bonds is 5. The van der Waals surface area contributed by atoms with Crippen LogP contribution < -0.4 is 10.6 Å². The molecule has 0 saturated carbocycles. The highest BCUT2D eigenvalue weighted by Crippen LogP contribution is 2.08. The summed E-state index contributed by atoms with van der Waals surface area (Å²) in [6.45, 7) is 6.05. The van der Waals surface area contributed by atoms with E-state index in [0.29, 0.717) is 6.04 Å². The van der Waals surface area contributed by atoms with Gasteiger partial charge in [-0.15, -0.1) is 0 Å². The summed E-state index contributed by atoms with van der Waals surface area (Å²) < 4.78 is 0. The Morgan fingerprint density at radius 2 is 2.21 bits per heavy atom. The normalized spacial score (nSPS) is 21.5. The van der Waals surface area contributed by atoms with Gasteiger partial charge >= 0.3 is 0 Å². The fourth-order valence-electron chi connectivity index (χ4n) is 1.96. The number of nitrogens with one attached hydrogen (secondary N) is 2. The summed E-state index contributed by atoms with van der Waals surface area (Å²) in [5, 5.41) is 6.40. The van der Waals surface area contributed by atoms with E-state index in [4.69, 9.17) is 0 Å². The van der Waals surface area contributed by atoms with Gasteiger partial charge in [-0.2, -0.15) is 0 Å². The quantitative estimate of drug-likeness (QED) is 0.699. The van der Waals surface area contributed by atoms with E-state index >= 15 is 0 Å². The van der Waals surface area contributed by atoms with Crippen LogP contribution in [0.2, 0.25) is 0 Å². The molecule has 1 atom stereocenters. The van der Waals surface area contributed by atoms with Crippen LogP contribution in [0.1, 0.15) is 39.5 Å². The number of hydrogen-bond acceptors (Lipinski definition) is 2. The van der Waals surface area contributed by atoms with Gasteiger partial charge in [-0.05, 0) is 32.2 Å². The van der Waals surface area contributed by atoms with E-state index in [2.05, 4.69) is 24.5 Å². The number of hydrogen-bond donors (Lipinski definition) is 2. The lowest BCUT2D eigenvalue weighted by Crippen LogP contribution is -2.39. The van der Waals surface area contributed by atoms with Crippen molar-refractivity contribution in [3.8, 4) is 0 Å². The molecule has 1 aliphatic heterocycles. The summed E-state index contributed by atoms with van der Waals surface area (Å²) in [5.41, 5.74) is 0. The molecule has 0 aromatic carbocycles. The van der Waals surface area contributed by atoms with Gasteiger partial charge in [0.15, 0.2) is 0 Å². The lowest BCUT2D eigenvalue weighted by molar-refractivity contribution is -0.125. The van der Waals surface area contributed by atoms with Crippen molar-refractivity contribution in [1.29, 1.82) is 0 Å². The average Bonchev–Trinajstić information content (AvgIpc) is 2.69. The monoisotopic (exact) mass is 198 g/mol. The van der Waals surface area contributed by atoms with Crippen LogP contribution in [0.15, 0.2) is 0 Å². The van der Waals surface area contributed by atoms with Crippen molar-refractivity contribution in [2.24, 2.45) is 5.92 Å². The Kier molecular flexibility index (Phi) is 4.94. The maximum absolute atomic E-state index is 11.6. The van der Waals surface area contributed by atoms with Crippen molar-refractivity contribution in [3.05, 3.63) is 0 Å². The molecular weight excluding hydrogens is 176 g/mol. The molecule has 0 spiro atoms. The Hall–Kier alpha value is -0.570. The average molecular weight is 198 g/mol. The van der Waals surface area contributed by atoms with Gasteiger partial charge in [-0.1, -0.05) is 13.8 Å². The largest absolute Gasteiger partial charge is 0.354 e. The van der Waals surface area contributed by atoms with E-state index < -0.39 is 0 Å². The summed E-state index contributed by atoms with van der Waals surface area (Å²) in [4.78, 5) is 11.6. The summed E-state index contributed by atoms with van der Waals surface area (Å²) in [7, 11) is 0. The number of amides is 1. The molecular formula is C11H22N2O. The van der Waals surface area contributed by atoms with Crippen molar-refractivity contribution >= 4 is 5.91 Å². The molecule has 82 valence electrons. The van der Waals surface area contributed by atoms with Crippen molar-refractivity contribution in [1.82, 2.24) is 10.6 Å². The Bertz CT molecular complexity index is 172. The van der Waals surface area contributed by atoms with E-state index in [-0.39, 0.29) is 11.8 Å². The van der Waals surface area contributed by atoms with Gasteiger partial charge in [0, 0.05) is 18.5 Å². The molecule has 1 fully saturated rings. The second kappa shape index (κ2) is 6.02. The second-order valence-electron chi connectivity index (χ2n) is 4.05. The molecule has 0 bridgehead atoms. The Labute approximate surface area is 86.6 Å². The van der Waals surface area contributed by atoms with Gasteiger partial charge < -0.3 is 10.6 Å². The third-order valence-electron chi connectivity index (χ3n) is 3.04. The maximum Gasteiger partial charge on any atom is 0.223 e.